The molecule has 1 N–H and O–H groups in total. The summed E-state index contributed by atoms with van der Waals surface area (Å²) in [5.41, 5.74) is 0. The van der Waals surface area contributed by atoms with E-state index < -0.39 is 10.0 Å². The molecule has 2 aromatic carbocycles. The van der Waals surface area contributed by atoms with Crippen LogP contribution in [0.5, 0.6) is 0 Å². The van der Waals surface area contributed by atoms with E-state index >= 15 is 0 Å². The molecule has 0 radical (unpaired) electrons. The van der Waals surface area contributed by atoms with E-state index in [0.29, 0.717) is 31.1 Å². The van der Waals surface area contributed by atoms with Crippen molar-refractivity contribution in [3.63, 3.8) is 0 Å². The van der Waals surface area contributed by atoms with Crippen LogP contribution in [0.1, 0.15) is 6.92 Å². The number of aromatic nitrogens is 2. The third-order valence-corrected chi connectivity index (χ3v) is 6.82. The van der Waals surface area contributed by atoms with Gasteiger partial charge in [-0.15, -0.1) is 10.2 Å². The number of sulfonamides is 1. The Kier molecular flexibility index (Phi) is 5.15. The molecular formula is C20H23N5O2S. The number of anilines is 2. The molecule has 8 heteroatoms. The van der Waals surface area contributed by atoms with Gasteiger partial charge in [0.1, 0.15) is 5.82 Å². The highest BCUT2D eigenvalue weighted by Crippen LogP contribution is 2.23. The molecule has 0 amide bonds. The second-order valence-electron chi connectivity index (χ2n) is 6.71. The van der Waals surface area contributed by atoms with Crippen molar-refractivity contribution in [2.45, 2.75) is 11.8 Å². The molecule has 0 aliphatic carbocycles. The molecule has 1 aliphatic rings. The summed E-state index contributed by atoms with van der Waals surface area (Å²) in [4.78, 5) is 2.41. The summed E-state index contributed by atoms with van der Waals surface area (Å²) in [7, 11) is -3.51. The number of rotatable bonds is 5. The van der Waals surface area contributed by atoms with Gasteiger partial charge in [-0.05, 0) is 42.0 Å². The van der Waals surface area contributed by atoms with Crippen molar-refractivity contribution in [1.29, 1.82) is 0 Å². The van der Waals surface area contributed by atoms with Crippen LogP contribution >= 0.6 is 0 Å². The maximum Gasteiger partial charge on any atom is 0.243 e. The second kappa shape index (κ2) is 7.73. The van der Waals surface area contributed by atoms with E-state index in [-0.39, 0.29) is 0 Å². The lowest BCUT2D eigenvalue weighted by atomic mass is 10.1. The number of piperazine rings is 1. The number of fused-ring (bicyclic) bond motifs is 1. The lowest BCUT2D eigenvalue weighted by molar-refractivity contribution is 0.383. The van der Waals surface area contributed by atoms with Crippen LogP contribution in [0.4, 0.5) is 11.6 Å². The number of hydrogen-bond donors (Lipinski definition) is 1. The highest BCUT2D eigenvalue weighted by Gasteiger charge is 2.29. The molecule has 1 saturated heterocycles. The maximum absolute atomic E-state index is 13.1. The van der Waals surface area contributed by atoms with Crippen molar-refractivity contribution < 1.29 is 8.42 Å². The van der Waals surface area contributed by atoms with Gasteiger partial charge < -0.3 is 10.2 Å². The minimum absolute atomic E-state index is 0.342. The highest BCUT2D eigenvalue weighted by molar-refractivity contribution is 7.89. The lowest BCUT2D eigenvalue weighted by Crippen LogP contribution is -2.49. The maximum atomic E-state index is 13.1. The Labute approximate surface area is 165 Å². The Balaban J connectivity index is 1.47. The first-order valence-electron chi connectivity index (χ1n) is 9.39. The molecule has 0 bridgehead atoms. The fraction of sp³-hybridized carbons (Fsp3) is 0.300. The SMILES string of the molecule is CCNc1ccc(N2CCN(S(=O)(=O)c3ccc4ccccc4c3)CC2)nn1. The van der Waals surface area contributed by atoms with E-state index in [4.69, 9.17) is 0 Å². The van der Waals surface area contributed by atoms with Gasteiger partial charge in [-0.1, -0.05) is 30.3 Å². The number of benzene rings is 2. The zero-order valence-electron chi connectivity index (χ0n) is 15.7. The van der Waals surface area contributed by atoms with Gasteiger partial charge in [0.25, 0.3) is 0 Å². The van der Waals surface area contributed by atoms with Gasteiger partial charge in [0, 0.05) is 32.7 Å². The molecule has 28 heavy (non-hydrogen) atoms. The smallest absolute Gasteiger partial charge is 0.243 e. The van der Waals surface area contributed by atoms with Gasteiger partial charge in [-0.2, -0.15) is 4.31 Å². The van der Waals surface area contributed by atoms with Crippen LogP contribution in [0.25, 0.3) is 10.8 Å². The minimum Gasteiger partial charge on any atom is -0.369 e. The van der Waals surface area contributed by atoms with E-state index in [2.05, 4.69) is 20.4 Å². The van der Waals surface area contributed by atoms with Crippen molar-refractivity contribution >= 4 is 32.4 Å². The summed E-state index contributed by atoms with van der Waals surface area (Å²) in [6.07, 6.45) is 0. The Morgan fingerprint density at radius 3 is 2.36 bits per heavy atom. The quantitative estimate of drug-likeness (QED) is 0.713. The molecule has 2 heterocycles. The largest absolute Gasteiger partial charge is 0.369 e. The van der Waals surface area contributed by atoms with E-state index in [0.717, 1.165) is 29.0 Å². The molecule has 3 aromatic rings. The number of nitrogens with one attached hydrogen (secondary N) is 1. The first kappa shape index (κ1) is 18.6. The van der Waals surface area contributed by atoms with Gasteiger partial charge in [-0.25, -0.2) is 8.42 Å². The van der Waals surface area contributed by atoms with Crippen molar-refractivity contribution in [1.82, 2.24) is 14.5 Å². The van der Waals surface area contributed by atoms with Crippen molar-refractivity contribution in [2.24, 2.45) is 0 Å². The zero-order chi connectivity index (χ0) is 19.6. The van der Waals surface area contributed by atoms with E-state index in [1.165, 1.54) is 0 Å². The van der Waals surface area contributed by atoms with Crippen LogP contribution in [-0.4, -0.2) is 55.6 Å². The van der Waals surface area contributed by atoms with E-state index in [1.807, 2.05) is 49.4 Å². The number of hydrogen-bond acceptors (Lipinski definition) is 6. The molecule has 0 atom stereocenters. The molecule has 0 saturated carbocycles. The fourth-order valence-electron chi connectivity index (χ4n) is 3.40. The van der Waals surface area contributed by atoms with Gasteiger partial charge in [0.15, 0.2) is 5.82 Å². The van der Waals surface area contributed by atoms with Crippen LogP contribution in [0, 0.1) is 0 Å². The molecule has 1 fully saturated rings. The zero-order valence-corrected chi connectivity index (χ0v) is 16.6. The topological polar surface area (TPSA) is 78.4 Å². The Hall–Kier alpha value is -2.71. The van der Waals surface area contributed by atoms with Crippen LogP contribution in [-0.2, 0) is 10.0 Å². The van der Waals surface area contributed by atoms with Crippen LogP contribution in [0.3, 0.4) is 0 Å². The van der Waals surface area contributed by atoms with Crippen molar-refractivity contribution in [3.8, 4) is 0 Å². The summed E-state index contributed by atoms with van der Waals surface area (Å²) >= 11 is 0. The molecule has 0 spiro atoms. The molecule has 4 rings (SSSR count). The first-order valence-corrected chi connectivity index (χ1v) is 10.8. The Morgan fingerprint density at radius 1 is 0.929 bits per heavy atom. The molecule has 146 valence electrons. The monoisotopic (exact) mass is 397 g/mol. The summed E-state index contributed by atoms with van der Waals surface area (Å²) in [6, 6.07) is 16.9. The number of nitrogens with zero attached hydrogens (tertiary/aromatic N) is 4. The average Bonchev–Trinajstić information content (AvgIpc) is 2.74. The first-order chi connectivity index (χ1) is 13.6. The minimum atomic E-state index is -3.51. The molecule has 1 aliphatic heterocycles. The van der Waals surface area contributed by atoms with Gasteiger partial charge in [0.2, 0.25) is 10.0 Å². The predicted molar refractivity (Wildman–Crippen MR) is 111 cm³/mol. The normalized spacial score (nSPS) is 15.7. The summed E-state index contributed by atoms with van der Waals surface area (Å²) in [5, 5.41) is 13.5. The summed E-state index contributed by atoms with van der Waals surface area (Å²) in [6.45, 7) is 4.81. The standard InChI is InChI=1S/C20H23N5O2S/c1-2-21-19-9-10-20(23-22-19)24-11-13-25(14-12-24)28(26,27)18-8-7-16-5-3-4-6-17(16)15-18/h3-10,15H,2,11-14H2,1H3,(H,21,22). The average molecular weight is 398 g/mol. The molecule has 1 aromatic heterocycles. The summed E-state index contributed by atoms with van der Waals surface area (Å²) < 4.78 is 27.7. The second-order valence-corrected chi connectivity index (χ2v) is 8.65. The predicted octanol–water partition coefficient (Wildman–Crippen LogP) is 2.57. The van der Waals surface area contributed by atoms with E-state index in [9.17, 15) is 8.42 Å². The van der Waals surface area contributed by atoms with Crippen molar-refractivity contribution in [2.75, 3.05) is 42.9 Å². The van der Waals surface area contributed by atoms with Crippen LogP contribution in [0.2, 0.25) is 0 Å². The summed E-state index contributed by atoms with van der Waals surface area (Å²) in [5.74, 6) is 1.51. The fourth-order valence-corrected chi connectivity index (χ4v) is 4.86. The van der Waals surface area contributed by atoms with Gasteiger partial charge >= 0.3 is 0 Å². The molecule has 7 nitrogen and oxygen atoms in total. The Morgan fingerprint density at radius 2 is 1.68 bits per heavy atom. The van der Waals surface area contributed by atoms with Crippen molar-refractivity contribution in [3.05, 3.63) is 54.6 Å². The van der Waals surface area contributed by atoms with Gasteiger partial charge in [0.05, 0.1) is 4.90 Å². The third-order valence-electron chi connectivity index (χ3n) is 4.93. The third kappa shape index (κ3) is 3.65. The Bertz CT molecular complexity index is 1060. The lowest BCUT2D eigenvalue weighted by Gasteiger charge is -2.34. The van der Waals surface area contributed by atoms with Crippen LogP contribution in [0.15, 0.2) is 59.5 Å². The molecular weight excluding hydrogens is 374 g/mol. The van der Waals surface area contributed by atoms with E-state index in [1.54, 1.807) is 16.4 Å². The highest BCUT2D eigenvalue weighted by atomic mass is 32.2. The van der Waals surface area contributed by atoms with Gasteiger partial charge in [-0.3, -0.25) is 0 Å². The van der Waals surface area contributed by atoms with Crippen LogP contribution < -0.4 is 10.2 Å². The molecule has 0 unspecified atom stereocenters.